The normalized spacial score (nSPS) is 31.0. The van der Waals surface area contributed by atoms with E-state index in [2.05, 4.69) is 0 Å². The predicted molar refractivity (Wildman–Crippen MR) is 65.2 cm³/mol. The van der Waals surface area contributed by atoms with Crippen molar-refractivity contribution < 1.29 is 48.3 Å². The van der Waals surface area contributed by atoms with Gasteiger partial charge in [0.15, 0.2) is 30.7 Å². The molecule has 1 aliphatic heterocycles. The van der Waals surface area contributed by atoms with Crippen LogP contribution in [0.15, 0.2) is 0 Å². The zero-order valence-corrected chi connectivity index (χ0v) is 12.0. The summed E-state index contributed by atoms with van der Waals surface area (Å²) < 4.78 is 19.3. The van der Waals surface area contributed by atoms with Crippen LogP contribution in [-0.2, 0) is 38.1 Å². The fraction of sp³-hybridized carbons (Fsp3) is 0.667. The number of carboxylic acids is 1. The highest BCUT2D eigenvalue weighted by atomic mass is 16.7. The standard InChI is InChI=1S/C12H16O10/c1-4(13)19-7-8(20-5(2)14)10(21-6(3)15)12(18)22-9(7)11(16)17/h7-10,12,18H,1-3H3,(H,16,17)/t7-,8-,9-,10+,12-/m0/s1. The molecule has 1 fully saturated rings. The van der Waals surface area contributed by atoms with Gasteiger partial charge in [-0.3, -0.25) is 14.4 Å². The Hall–Kier alpha value is -2.20. The summed E-state index contributed by atoms with van der Waals surface area (Å²) in [6, 6.07) is 0. The average molecular weight is 320 g/mol. The van der Waals surface area contributed by atoms with Gasteiger partial charge in [0.05, 0.1) is 0 Å². The van der Waals surface area contributed by atoms with Crippen LogP contribution in [0.25, 0.3) is 0 Å². The topological polar surface area (TPSA) is 146 Å². The second kappa shape index (κ2) is 7.18. The summed E-state index contributed by atoms with van der Waals surface area (Å²) in [5.74, 6) is -4.10. The summed E-state index contributed by atoms with van der Waals surface area (Å²) in [4.78, 5) is 44.6. The third-order valence-electron chi connectivity index (χ3n) is 2.66. The van der Waals surface area contributed by atoms with E-state index in [1.54, 1.807) is 0 Å². The molecule has 0 amide bonds. The van der Waals surface area contributed by atoms with Crippen molar-refractivity contribution in [1.82, 2.24) is 0 Å². The molecule has 22 heavy (non-hydrogen) atoms. The molecular weight excluding hydrogens is 304 g/mol. The van der Waals surface area contributed by atoms with Crippen LogP contribution in [-0.4, -0.2) is 64.8 Å². The second-order valence-corrected chi connectivity index (χ2v) is 4.51. The lowest BCUT2D eigenvalue weighted by molar-refractivity contribution is -0.289. The van der Waals surface area contributed by atoms with Crippen LogP contribution in [0.2, 0.25) is 0 Å². The van der Waals surface area contributed by atoms with Gasteiger partial charge in [0.1, 0.15) is 0 Å². The lowest BCUT2D eigenvalue weighted by atomic mass is 9.98. The third-order valence-corrected chi connectivity index (χ3v) is 2.66. The third kappa shape index (κ3) is 4.40. The maximum absolute atomic E-state index is 11.2. The molecule has 10 heteroatoms. The molecular formula is C12H16O10. The monoisotopic (exact) mass is 320 g/mol. The average Bonchev–Trinajstić information content (AvgIpc) is 2.34. The summed E-state index contributed by atoms with van der Waals surface area (Å²) in [7, 11) is 0. The number of aliphatic hydroxyl groups is 1. The van der Waals surface area contributed by atoms with Crippen molar-refractivity contribution in [2.45, 2.75) is 51.5 Å². The molecule has 0 aromatic carbocycles. The van der Waals surface area contributed by atoms with Crippen molar-refractivity contribution in [3.8, 4) is 0 Å². The van der Waals surface area contributed by atoms with Gasteiger partial charge in [-0.2, -0.15) is 0 Å². The van der Waals surface area contributed by atoms with Gasteiger partial charge in [0, 0.05) is 20.8 Å². The van der Waals surface area contributed by atoms with Gasteiger partial charge in [-0.05, 0) is 0 Å². The van der Waals surface area contributed by atoms with E-state index in [9.17, 15) is 24.3 Å². The van der Waals surface area contributed by atoms with Crippen LogP contribution < -0.4 is 0 Å². The van der Waals surface area contributed by atoms with E-state index in [0.29, 0.717) is 0 Å². The highest BCUT2D eigenvalue weighted by Gasteiger charge is 2.53. The van der Waals surface area contributed by atoms with Gasteiger partial charge in [-0.1, -0.05) is 0 Å². The molecule has 124 valence electrons. The van der Waals surface area contributed by atoms with Gasteiger partial charge < -0.3 is 29.2 Å². The molecule has 5 atom stereocenters. The fourth-order valence-electron chi connectivity index (χ4n) is 1.99. The molecule has 0 bridgehead atoms. The minimum absolute atomic E-state index is 0.833. The molecule has 1 heterocycles. The number of ether oxygens (including phenoxy) is 4. The Morgan fingerprint density at radius 1 is 0.818 bits per heavy atom. The Kier molecular flexibility index (Phi) is 5.83. The van der Waals surface area contributed by atoms with Crippen LogP contribution in [0.1, 0.15) is 20.8 Å². The Bertz CT molecular complexity index is 473. The zero-order valence-electron chi connectivity index (χ0n) is 12.0. The smallest absolute Gasteiger partial charge is 0.337 e. The first-order valence-electron chi connectivity index (χ1n) is 6.21. The van der Waals surface area contributed by atoms with Gasteiger partial charge in [-0.25, -0.2) is 4.79 Å². The Balaban J connectivity index is 3.18. The van der Waals surface area contributed by atoms with E-state index >= 15 is 0 Å². The molecule has 1 aliphatic rings. The van der Waals surface area contributed by atoms with Gasteiger partial charge in [0.25, 0.3) is 0 Å². The second-order valence-electron chi connectivity index (χ2n) is 4.51. The minimum atomic E-state index is -1.87. The van der Waals surface area contributed by atoms with Crippen molar-refractivity contribution in [2.75, 3.05) is 0 Å². The first-order valence-corrected chi connectivity index (χ1v) is 6.21. The van der Waals surface area contributed by atoms with E-state index in [0.717, 1.165) is 20.8 Å². The van der Waals surface area contributed by atoms with E-state index in [-0.39, 0.29) is 0 Å². The molecule has 0 aromatic heterocycles. The highest BCUT2D eigenvalue weighted by Crippen LogP contribution is 2.27. The van der Waals surface area contributed by atoms with Crippen LogP contribution in [0.3, 0.4) is 0 Å². The number of carbonyl (C=O) groups excluding carboxylic acids is 3. The van der Waals surface area contributed by atoms with Crippen LogP contribution >= 0.6 is 0 Å². The zero-order chi connectivity index (χ0) is 17.0. The van der Waals surface area contributed by atoms with Gasteiger partial charge in [-0.15, -0.1) is 0 Å². The molecule has 0 aliphatic carbocycles. The van der Waals surface area contributed by atoms with E-state index in [4.69, 9.17) is 24.1 Å². The largest absolute Gasteiger partial charge is 0.479 e. The molecule has 1 rings (SSSR count). The number of esters is 3. The first kappa shape index (κ1) is 17.9. The number of aliphatic hydroxyl groups excluding tert-OH is 1. The van der Waals surface area contributed by atoms with Crippen molar-refractivity contribution in [2.24, 2.45) is 0 Å². The fourth-order valence-corrected chi connectivity index (χ4v) is 1.99. The predicted octanol–water partition coefficient (Wildman–Crippen LogP) is -1.42. The molecule has 0 saturated carbocycles. The molecule has 2 N–H and O–H groups in total. The van der Waals surface area contributed by atoms with Crippen LogP contribution in [0, 0.1) is 0 Å². The number of hydrogen-bond donors (Lipinski definition) is 2. The molecule has 0 radical (unpaired) electrons. The minimum Gasteiger partial charge on any atom is -0.479 e. The SMILES string of the molecule is CC(=O)O[C@@H]1[C@@H](OC(C)=O)[C@@H](O)O[C@H](C(=O)O)[C@H]1OC(C)=O. The van der Waals surface area contributed by atoms with Crippen LogP contribution in [0.5, 0.6) is 0 Å². The first-order chi connectivity index (χ1) is 10.1. The molecule has 1 saturated heterocycles. The summed E-state index contributed by atoms with van der Waals surface area (Å²) in [6.07, 6.45) is -8.33. The quantitative estimate of drug-likeness (QED) is 0.467. The number of carboxylic acid groups (broad SMARTS) is 1. The van der Waals surface area contributed by atoms with E-state index < -0.39 is 54.6 Å². The van der Waals surface area contributed by atoms with Crippen LogP contribution in [0.4, 0.5) is 0 Å². The highest BCUT2D eigenvalue weighted by molar-refractivity contribution is 5.75. The number of carbonyl (C=O) groups is 4. The van der Waals surface area contributed by atoms with Gasteiger partial charge in [0.2, 0.25) is 0 Å². The van der Waals surface area contributed by atoms with E-state index in [1.807, 2.05) is 0 Å². The maximum atomic E-state index is 11.2. The summed E-state index contributed by atoms with van der Waals surface area (Å²) in [5, 5.41) is 18.9. The number of aliphatic carboxylic acids is 1. The molecule has 0 spiro atoms. The van der Waals surface area contributed by atoms with E-state index in [1.165, 1.54) is 0 Å². The van der Waals surface area contributed by atoms with Crippen molar-refractivity contribution in [3.63, 3.8) is 0 Å². The number of rotatable bonds is 4. The number of hydrogen-bond acceptors (Lipinski definition) is 9. The van der Waals surface area contributed by atoms with Crippen molar-refractivity contribution in [1.29, 1.82) is 0 Å². The Labute approximate surface area is 124 Å². The van der Waals surface area contributed by atoms with Crippen molar-refractivity contribution >= 4 is 23.9 Å². The molecule has 0 unspecified atom stereocenters. The molecule has 10 nitrogen and oxygen atoms in total. The van der Waals surface area contributed by atoms with Gasteiger partial charge >= 0.3 is 23.9 Å². The lowest BCUT2D eigenvalue weighted by Gasteiger charge is -2.41. The summed E-state index contributed by atoms with van der Waals surface area (Å²) in [6.45, 7) is 3.06. The van der Waals surface area contributed by atoms with Crippen molar-refractivity contribution in [3.05, 3.63) is 0 Å². The Morgan fingerprint density at radius 2 is 1.23 bits per heavy atom. The molecule has 0 aromatic rings. The maximum Gasteiger partial charge on any atom is 0.337 e. The lowest BCUT2D eigenvalue weighted by Crippen LogP contribution is -2.63. The summed E-state index contributed by atoms with van der Waals surface area (Å²) in [5.41, 5.74) is 0. The Morgan fingerprint density at radius 3 is 1.64 bits per heavy atom. The summed E-state index contributed by atoms with van der Waals surface area (Å²) >= 11 is 0.